The maximum Gasteiger partial charge on any atom is 0.221 e. The number of hydrogen-bond acceptors (Lipinski definition) is 3. The van der Waals surface area contributed by atoms with Crippen LogP contribution in [0, 0.1) is 11.8 Å². The molecular weight excluding hydrogens is 230 g/mol. The van der Waals surface area contributed by atoms with Gasteiger partial charge in [0.2, 0.25) is 11.8 Å². The van der Waals surface area contributed by atoms with E-state index in [-0.39, 0.29) is 17.7 Å². The van der Waals surface area contributed by atoms with E-state index in [4.69, 9.17) is 5.73 Å². The fraction of sp³-hybridized carbons (Fsp3) is 0.846. The Morgan fingerprint density at radius 2 is 1.83 bits per heavy atom. The third-order valence-corrected chi connectivity index (χ3v) is 2.66. The number of carbonyl (C=O) groups excluding carboxylic acids is 2. The van der Waals surface area contributed by atoms with Crippen molar-refractivity contribution in [2.75, 3.05) is 19.6 Å². The fourth-order valence-electron chi connectivity index (χ4n) is 1.86. The molecule has 0 heterocycles. The zero-order valence-electron chi connectivity index (χ0n) is 11.8. The summed E-state index contributed by atoms with van der Waals surface area (Å²) in [7, 11) is 0. The van der Waals surface area contributed by atoms with Crippen molar-refractivity contribution in [1.82, 2.24) is 10.6 Å². The van der Waals surface area contributed by atoms with E-state index in [1.807, 2.05) is 6.92 Å². The maximum atomic E-state index is 11.6. The number of nitrogens with two attached hydrogens (primary N) is 1. The molecule has 0 saturated heterocycles. The van der Waals surface area contributed by atoms with E-state index in [0.29, 0.717) is 38.4 Å². The van der Waals surface area contributed by atoms with Crippen molar-refractivity contribution in [1.29, 1.82) is 0 Å². The molecule has 4 N–H and O–H groups in total. The molecule has 106 valence electrons. The third kappa shape index (κ3) is 8.98. The van der Waals surface area contributed by atoms with Gasteiger partial charge in [0.05, 0.1) is 0 Å². The molecule has 1 unspecified atom stereocenters. The SMILES string of the molecule is CCNC(=O)CCNC(=O)CC(CN)CC(C)C. The summed E-state index contributed by atoms with van der Waals surface area (Å²) in [6, 6.07) is 0. The van der Waals surface area contributed by atoms with E-state index in [2.05, 4.69) is 24.5 Å². The predicted octanol–water partition coefficient (Wildman–Crippen LogP) is 0.640. The van der Waals surface area contributed by atoms with Crippen molar-refractivity contribution < 1.29 is 9.59 Å². The molecule has 0 radical (unpaired) electrons. The Kier molecular flexibility index (Phi) is 9.28. The van der Waals surface area contributed by atoms with Crippen LogP contribution in [-0.2, 0) is 9.59 Å². The molecule has 0 rings (SSSR count). The average Bonchev–Trinajstić information content (AvgIpc) is 2.27. The largest absolute Gasteiger partial charge is 0.356 e. The molecule has 0 spiro atoms. The van der Waals surface area contributed by atoms with Crippen LogP contribution in [0.3, 0.4) is 0 Å². The Morgan fingerprint density at radius 3 is 2.33 bits per heavy atom. The number of amides is 2. The number of rotatable bonds is 9. The quantitative estimate of drug-likeness (QED) is 0.567. The van der Waals surface area contributed by atoms with Crippen molar-refractivity contribution in [3.8, 4) is 0 Å². The zero-order chi connectivity index (χ0) is 14.0. The lowest BCUT2D eigenvalue weighted by molar-refractivity contribution is -0.122. The Bertz CT molecular complexity index is 255. The topological polar surface area (TPSA) is 84.2 Å². The van der Waals surface area contributed by atoms with Gasteiger partial charge in [-0.05, 0) is 31.7 Å². The van der Waals surface area contributed by atoms with Crippen LogP contribution in [0.1, 0.15) is 40.0 Å². The first-order valence-corrected chi connectivity index (χ1v) is 6.73. The fourth-order valence-corrected chi connectivity index (χ4v) is 1.86. The third-order valence-electron chi connectivity index (χ3n) is 2.66. The summed E-state index contributed by atoms with van der Waals surface area (Å²) in [4.78, 5) is 22.8. The molecule has 0 aromatic rings. The highest BCUT2D eigenvalue weighted by atomic mass is 16.2. The standard InChI is InChI=1S/C13H27N3O2/c1-4-15-12(17)5-6-16-13(18)8-11(9-14)7-10(2)3/h10-11H,4-9,14H2,1-3H3,(H,15,17)(H,16,18). The molecule has 5 nitrogen and oxygen atoms in total. The summed E-state index contributed by atoms with van der Waals surface area (Å²) in [5, 5.41) is 5.44. The van der Waals surface area contributed by atoms with Crippen LogP contribution < -0.4 is 16.4 Å². The van der Waals surface area contributed by atoms with Gasteiger partial charge < -0.3 is 16.4 Å². The van der Waals surface area contributed by atoms with Gasteiger partial charge in [0.15, 0.2) is 0 Å². The van der Waals surface area contributed by atoms with Crippen LogP contribution in [0.25, 0.3) is 0 Å². The molecular formula is C13H27N3O2. The van der Waals surface area contributed by atoms with Gasteiger partial charge in [0.25, 0.3) is 0 Å². The molecule has 0 aliphatic rings. The highest BCUT2D eigenvalue weighted by Gasteiger charge is 2.13. The van der Waals surface area contributed by atoms with E-state index >= 15 is 0 Å². The van der Waals surface area contributed by atoms with Crippen LogP contribution in [0.4, 0.5) is 0 Å². The molecule has 0 aromatic carbocycles. The van der Waals surface area contributed by atoms with Gasteiger partial charge in [-0.1, -0.05) is 13.8 Å². The highest BCUT2D eigenvalue weighted by molar-refractivity contribution is 5.79. The van der Waals surface area contributed by atoms with Crippen molar-refractivity contribution in [2.45, 2.75) is 40.0 Å². The second-order valence-electron chi connectivity index (χ2n) is 4.99. The van der Waals surface area contributed by atoms with E-state index in [1.54, 1.807) is 0 Å². The van der Waals surface area contributed by atoms with Crippen LogP contribution in [0.2, 0.25) is 0 Å². The van der Waals surface area contributed by atoms with Gasteiger partial charge >= 0.3 is 0 Å². The Morgan fingerprint density at radius 1 is 1.17 bits per heavy atom. The van der Waals surface area contributed by atoms with Crippen molar-refractivity contribution in [3.05, 3.63) is 0 Å². The predicted molar refractivity (Wildman–Crippen MR) is 72.9 cm³/mol. The summed E-state index contributed by atoms with van der Waals surface area (Å²) in [5.41, 5.74) is 5.64. The maximum absolute atomic E-state index is 11.6. The molecule has 0 saturated carbocycles. The minimum absolute atomic E-state index is 0.0181. The van der Waals surface area contributed by atoms with Crippen molar-refractivity contribution in [2.24, 2.45) is 17.6 Å². The zero-order valence-corrected chi connectivity index (χ0v) is 11.8. The first-order valence-electron chi connectivity index (χ1n) is 6.73. The monoisotopic (exact) mass is 257 g/mol. The highest BCUT2D eigenvalue weighted by Crippen LogP contribution is 2.13. The minimum atomic E-state index is -0.0321. The first kappa shape index (κ1) is 16.9. The molecule has 0 aliphatic carbocycles. The molecule has 2 amide bonds. The van der Waals surface area contributed by atoms with Gasteiger partial charge in [0, 0.05) is 25.9 Å². The van der Waals surface area contributed by atoms with Crippen LogP contribution in [0.5, 0.6) is 0 Å². The average molecular weight is 257 g/mol. The lowest BCUT2D eigenvalue weighted by atomic mass is 9.94. The Labute approximate surface area is 110 Å². The molecule has 0 aromatic heterocycles. The summed E-state index contributed by atoms with van der Waals surface area (Å²) < 4.78 is 0. The molecule has 18 heavy (non-hydrogen) atoms. The van der Waals surface area contributed by atoms with Crippen molar-refractivity contribution >= 4 is 11.8 Å². The summed E-state index contributed by atoms with van der Waals surface area (Å²) >= 11 is 0. The summed E-state index contributed by atoms with van der Waals surface area (Å²) in [6.07, 6.45) is 1.74. The smallest absolute Gasteiger partial charge is 0.221 e. The molecule has 0 bridgehead atoms. The lowest BCUT2D eigenvalue weighted by Crippen LogP contribution is -2.32. The first-order chi connectivity index (χ1) is 8.49. The molecule has 5 heteroatoms. The van der Waals surface area contributed by atoms with Crippen LogP contribution in [0.15, 0.2) is 0 Å². The van der Waals surface area contributed by atoms with Gasteiger partial charge in [-0.3, -0.25) is 9.59 Å². The van der Waals surface area contributed by atoms with Crippen LogP contribution >= 0.6 is 0 Å². The second-order valence-corrected chi connectivity index (χ2v) is 4.99. The molecule has 0 aliphatic heterocycles. The van der Waals surface area contributed by atoms with Gasteiger partial charge in [-0.15, -0.1) is 0 Å². The Balaban J connectivity index is 3.78. The van der Waals surface area contributed by atoms with E-state index in [0.717, 1.165) is 6.42 Å². The Hall–Kier alpha value is -1.10. The van der Waals surface area contributed by atoms with Gasteiger partial charge in [0.1, 0.15) is 0 Å². The number of carbonyl (C=O) groups is 2. The molecule has 1 atom stereocenters. The summed E-state index contributed by atoms with van der Waals surface area (Å²) in [5.74, 6) is 0.724. The number of nitrogens with one attached hydrogen (secondary N) is 2. The lowest BCUT2D eigenvalue weighted by Gasteiger charge is -2.16. The normalized spacial score (nSPS) is 12.3. The van der Waals surface area contributed by atoms with Crippen LogP contribution in [-0.4, -0.2) is 31.4 Å². The van der Waals surface area contributed by atoms with E-state index in [9.17, 15) is 9.59 Å². The van der Waals surface area contributed by atoms with Crippen molar-refractivity contribution in [3.63, 3.8) is 0 Å². The molecule has 0 fully saturated rings. The van der Waals surface area contributed by atoms with E-state index < -0.39 is 0 Å². The second kappa shape index (κ2) is 9.88. The number of hydrogen-bond donors (Lipinski definition) is 3. The van der Waals surface area contributed by atoms with E-state index in [1.165, 1.54) is 0 Å². The summed E-state index contributed by atoms with van der Waals surface area (Å²) in [6.45, 7) is 7.65. The van der Waals surface area contributed by atoms with Gasteiger partial charge in [-0.2, -0.15) is 0 Å². The minimum Gasteiger partial charge on any atom is -0.356 e. The van der Waals surface area contributed by atoms with Gasteiger partial charge in [-0.25, -0.2) is 0 Å².